The van der Waals surface area contributed by atoms with E-state index in [1.165, 1.54) is 0 Å². The highest BCUT2D eigenvalue weighted by Gasteiger charge is 2.14. The van der Waals surface area contributed by atoms with Gasteiger partial charge in [-0.25, -0.2) is 0 Å². The van der Waals surface area contributed by atoms with Crippen LogP contribution in [0.2, 0.25) is 0 Å². The molecule has 3 heteroatoms. The number of carbonyl (C=O) groups is 1. The molecule has 0 aliphatic heterocycles. The number of allylic oxidation sites excluding steroid dienone is 1. The lowest BCUT2D eigenvalue weighted by Gasteiger charge is -2.06. The second-order valence-electron chi connectivity index (χ2n) is 2.44. The molecule has 0 aliphatic rings. The van der Waals surface area contributed by atoms with Gasteiger partial charge in [-0.1, -0.05) is 6.08 Å². The lowest BCUT2D eigenvalue weighted by molar-refractivity contribution is -0.143. The highest BCUT2D eigenvalue weighted by Crippen LogP contribution is 2.07. The van der Waals surface area contributed by atoms with Crippen LogP contribution in [-0.4, -0.2) is 22.8 Å². The highest BCUT2D eigenvalue weighted by molar-refractivity contribution is 5.69. The van der Waals surface area contributed by atoms with Crippen molar-refractivity contribution in [3.8, 4) is 0 Å². The molecule has 0 saturated heterocycles. The van der Waals surface area contributed by atoms with Crippen LogP contribution in [0.25, 0.3) is 0 Å². The summed E-state index contributed by atoms with van der Waals surface area (Å²) in [5.74, 6) is -1.52. The van der Waals surface area contributed by atoms with Crippen molar-refractivity contribution in [1.82, 2.24) is 0 Å². The van der Waals surface area contributed by atoms with Gasteiger partial charge in [0.2, 0.25) is 0 Å². The number of aliphatic hydroxyl groups excluding tert-OH is 1. The number of aliphatic carboxylic acids is 1. The van der Waals surface area contributed by atoms with Gasteiger partial charge in [-0.2, -0.15) is 0 Å². The van der Waals surface area contributed by atoms with Gasteiger partial charge in [-0.3, -0.25) is 4.79 Å². The molecule has 0 unspecified atom stereocenters. The SMILES string of the molecule is C=CCCC[C@H](CO)C(=O)O. The fourth-order valence-corrected chi connectivity index (χ4v) is 0.801. The van der Waals surface area contributed by atoms with E-state index in [2.05, 4.69) is 6.58 Å². The molecule has 3 nitrogen and oxygen atoms in total. The molecule has 0 aromatic heterocycles. The van der Waals surface area contributed by atoms with Crippen molar-refractivity contribution in [1.29, 1.82) is 0 Å². The van der Waals surface area contributed by atoms with Gasteiger partial charge in [0.15, 0.2) is 0 Å². The van der Waals surface area contributed by atoms with E-state index < -0.39 is 11.9 Å². The molecule has 64 valence electrons. The minimum absolute atomic E-state index is 0.271. The fourth-order valence-electron chi connectivity index (χ4n) is 0.801. The minimum Gasteiger partial charge on any atom is -0.481 e. The Labute approximate surface area is 66.4 Å². The summed E-state index contributed by atoms with van der Waals surface area (Å²) in [5, 5.41) is 17.1. The minimum atomic E-state index is -0.920. The molecule has 2 N–H and O–H groups in total. The zero-order valence-corrected chi connectivity index (χ0v) is 6.49. The molecule has 0 fully saturated rings. The van der Waals surface area contributed by atoms with Crippen LogP contribution in [-0.2, 0) is 4.79 Å². The van der Waals surface area contributed by atoms with Crippen molar-refractivity contribution in [3.63, 3.8) is 0 Å². The highest BCUT2D eigenvalue weighted by atomic mass is 16.4. The summed E-state index contributed by atoms with van der Waals surface area (Å²) >= 11 is 0. The normalized spacial score (nSPS) is 12.5. The third-order valence-corrected chi connectivity index (χ3v) is 1.53. The summed E-state index contributed by atoms with van der Waals surface area (Å²) in [5.41, 5.74) is 0. The molecule has 0 heterocycles. The van der Waals surface area contributed by atoms with Crippen LogP contribution in [0.5, 0.6) is 0 Å². The van der Waals surface area contributed by atoms with E-state index in [1.807, 2.05) is 0 Å². The van der Waals surface area contributed by atoms with Gasteiger partial charge in [0.05, 0.1) is 12.5 Å². The molecule has 0 aromatic rings. The largest absolute Gasteiger partial charge is 0.481 e. The van der Waals surface area contributed by atoms with E-state index in [0.29, 0.717) is 6.42 Å². The van der Waals surface area contributed by atoms with Crippen molar-refractivity contribution in [3.05, 3.63) is 12.7 Å². The third kappa shape index (κ3) is 4.56. The van der Waals surface area contributed by atoms with E-state index in [4.69, 9.17) is 10.2 Å². The predicted molar refractivity (Wildman–Crippen MR) is 42.3 cm³/mol. The zero-order chi connectivity index (χ0) is 8.69. The van der Waals surface area contributed by atoms with Crippen LogP contribution < -0.4 is 0 Å². The lowest BCUT2D eigenvalue weighted by Crippen LogP contribution is -2.17. The maximum absolute atomic E-state index is 10.3. The second kappa shape index (κ2) is 5.92. The molecule has 0 aliphatic carbocycles. The summed E-state index contributed by atoms with van der Waals surface area (Å²) in [4.78, 5) is 10.3. The molecule has 11 heavy (non-hydrogen) atoms. The van der Waals surface area contributed by atoms with Gasteiger partial charge in [0.25, 0.3) is 0 Å². The first kappa shape index (κ1) is 10.2. The summed E-state index contributed by atoms with van der Waals surface area (Å²) in [6, 6.07) is 0. The van der Waals surface area contributed by atoms with Gasteiger partial charge < -0.3 is 10.2 Å². The van der Waals surface area contributed by atoms with Gasteiger partial charge in [-0.05, 0) is 19.3 Å². The Bertz CT molecular complexity index is 131. The average molecular weight is 158 g/mol. The molecule has 0 amide bonds. The van der Waals surface area contributed by atoms with Crippen molar-refractivity contribution >= 4 is 5.97 Å². The van der Waals surface area contributed by atoms with Gasteiger partial charge in [0.1, 0.15) is 0 Å². The summed E-state index contributed by atoms with van der Waals surface area (Å²) in [6.07, 6.45) is 3.86. The van der Waals surface area contributed by atoms with Crippen LogP contribution in [0.1, 0.15) is 19.3 Å². The van der Waals surface area contributed by atoms with Crippen LogP contribution in [0.4, 0.5) is 0 Å². The molecule has 0 spiro atoms. The number of unbranched alkanes of at least 4 members (excludes halogenated alkanes) is 1. The Balaban J connectivity index is 3.52. The maximum Gasteiger partial charge on any atom is 0.308 e. The van der Waals surface area contributed by atoms with Crippen LogP contribution in [0, 0.1) is 5.92 Å². The number of hydrogen-bond donors (Lipinski definition) is 2. The Kier molecular flexibility index (Phi) is 5.47. The van der Waals surface area contributed by atoms with E-state index in [1.54, 1.807) is 6.08 Å². The van der Waals surface area contributed by atoms with E-state index in [9.17, 15) is 4.79 Å². The van der Waals surface area contributed by atoms with E-state index in [-0.39, 0.29) is 6.61 Å². The van der Waals surface area contributed by atoms with Gasteiger partial charge in [-0.15, -0.1) is 6.58 Å². The first-order chi connectivity index (χ1) is 5.22. The third-order valence-electron chi connectivity index (χ3n) is 1.53. The number of aliphatic hydroxyl groups is 1. The molecule has 0 rings (SSSR count). The summed E-state index contributed by atoms with van der Waals surface area (Å²) < 4.78 is 0. The smallest absolute Gasteiger partial charge is 0.308 e. The van der Waals surface area contributed by atoms with Crippen molar-refractivity contribution in [2.75, 3.05) is 6.61 Å². The first-order valence-electron chi connectivity index (χ1n) is 3.67. The molecule has 0 saturated carbocycles. The molecule has 0 bridgehead atoms. The van der Waals surface area contributed by atoms with Crippen molar-refractivity contribution < 1.29 is 15.0 Å². The van der Waals surface area contributed by atoms with Gasteiger partial charge in [0, 0.05) is 0 Å². The van der Waals surface area contributed by atoms with Crippen molar-refractivity contribution in [2.45, 2.75) is 19.3 Å². The van der Waals surface area contributed by atoms with Crippen LogP contribution in [0.15, 0.2) is 12.7 Å². The van der Waals surface area contributed by atoms with Crippen molar-refractivity contribution in [2.24, 2.45) is 5.92 Å². The average Bonchev–Trinajstić information content (AvgIpc) is 1.97. The maximum atomic E-state index is 10.3. The molecule has 1 atom stereocenters. The monoisotopic (exact) mass is 158 g/mol. The lowest BCUT2D eigenvalue weighted by atomic mass is 10.0. The number of rotatable bonds is 6. The number of carboxylic acids is 1. The Hall–Kier alpha value is -0.830. The summed E-state index contributed by atoms with van der Waals surface area (Å²) in [7, 11) is 0. The van der Waals surface area contributed by atoms with E-state index in [0.717, 1.165) is 12.8 Å². The standard InChI is InChI=1S/C8H14O3/c1-2-3-4-5-7(6-9)8(10)11/h2,7,9H,1,3-6H2,(H,10,11)/t7-/m1/s1. The summed E-state index contributed by atoms with van der Waals surface area (Å²) in [6.45, 7) is 3.25. The molecular formula is C8H14O3. The van der Waals surface area contributed by atoms with Crippen LogP contribution in [0.3, 0.4) is 0 Å². The molecular weight excluding hydrogens is 144 g/mol. The fraction of sp³-hybridized carbons (Fsp3) is 0.625. The topological polar surface area (TPSA) is 57.5 Å². The van der Waals surface area contributed by atoms with Gasteiger partial charge >= 0.3 is 5.97 Å². The van der Waals surface area contributed by atoms with Crippen LogP contribution >= 0.6 is 0 Å². The Morgan fingerprint density at radius 3 is 2.64 bits per heavy atom. The first-order valence-corrected chi connectivity index (χ1v) is 3.67. The number of hydrogen-bond acceptors (Lipinski definition) is 2. The number of carboxylic acid groups (broad SMARTS) is 1. The quantitative estimate of drug-likeness (QED) is 0.448. The predicted octanol–water partition coefficient (Wildman–Crippen LogP) is 1.04. The molecule has 0 radical (unpaired) electrons. The Morgan fingerprint density at radius 1 is 1.64 bits per heavy atom. The molecule has 0 aromatic carbocycles. The Morgan fingerprint density at radius 2 is 2.27 bits per heavy atom. The zero-order valence-electron chi connectivity index (χ0n) is 6.49. The second-order valence-corrected chi connectivity index (χ2v) is 2.44. The van der Waals surface area contributed by atoms with E-state index >= 15 is 0 Å².